The molecule has 1 rings (SSSR count). The highest BCUT2D eigenvalue weighted by molar-refractivity contribution is 6.33. The Kier molecular flexibility index (Phi) is 4.48. The van der Waals surface area contributed by atoms with Gasteiger partial charge in [-0.15, -0.1) is 0 Å². The number of nitrogens with one attached hydrogen (secondary N) is 1. The van der Waals surface area contributed by atoms with Gasteiger partial charge in [0, 0.05) is 25.8 Å². The summed E-state index contributed by atoms with van der Waals surface area (Å²) in [6.07, 6.45) is 0. The summed E-state index contributed by atoms with van der Waals surface area (Å²) in [7, 11) is 3.98. The van der Waals surface area contributed by atoms with Gasteiger partial charge in [0.25, 0.3) is 0 Å². The van der Waals surface area contributed by atoms with Crippen LogP contribution in [0.2, 0.25) is 5.02 Å². The summed E-state index contributed by atoms with van der Waals surface area (Å²) >= 11 is 6.21. The van der Waals surface area contributed by atoms with Crippen LogP contribution in [0.4, 0.5) is 11.4 Å². The van der Waals surface area contributed by atoms with Crippen molar-refractivity contribution in [3.05, 3.63) is 23.2 Å². The molecule has 0 bridgehead atoms. The Balaban J connectivity index is 2.81. The molecule has 16 heavy (non-hydrogen) atoms. The van der Waals surface area contributed by atoms with E-state index in [1.807, 2.05) is 31.1 Å². The van der Waals surface area contributed by atoms with E-state index in [1.54, 1.807) is 0 Å². The van der Waals surface area contributed by atoms with E-state index in [-0.39, 0.29) is 0 Å². The summed E-state index contributed by atoms with van der Waals surface area (Å²) in [4.78, 5) is 2.01. The van der Waals surface area contributed by atoms with E-state index >= 15 is 0 Å². The van der Waals surface area contributed by atoms with Gasteiger partial charge >= 0.3 is 0 Å². The molecule has 0 aliphatic heterocycles. The fraction of sp³-hybridized carbons (Fsp3) is 0.538. The lowest BCUT2D eigenvalue weighted by Crippen LogP contribution is -2.21. The van der Waals surface area contributed by atoms with Crippen molar-refractivity contribution < 1.29 is 0 Å². The van der Waals surface area contributed by atoms with E-state index < -0.39 is 0 Å². The fourth-order valence-corrected chi connectivity index (χ4v) is 1.74. The lowest BCUT2D eigenvalue weighted by molar-refractivity contribution is 0.560. The zero-order valence-corrected chi connectivity index (χ0v) is 11.5. The fourth-order valence-electron chi connectivity index (χ4n) is 1.39. The number of benzene rings is 1. The molecule has 1 aromatic carbocycles. The second kappa shape index (κ2) is 5.44. The van der Waals surface area contributed by atoms with Crippen LogP contribution < -0.4 is 10.2 Å². The SMILES string of the molecule is CC(C)C(C)Nc1ccc(N(C)C)c(Cl)c1. The molecule has 1 aromatic rings. The van der Waals surface area contributed by atoms with Crippen molar-refractivity contribution in [3.8, 4) is 0 Å². The Labute approximate surface area is 104 Å². The monoisotopic (exact) mass is 240 g/mol. The number of hydrogen-bond acceptors (Lipinski definition) is 2. The van der Waals surface area contributed by atoms with Gasteiger partial charge in [0.05, 0.1) is 10.7 Å². The van der Waals surface area contributed by atoms with Gasteiger partial charge in [0.2, 0.25) is 0 Å². The minimum atomic E-state index is 0.446. The summed E-state index contributed by atoms with van der Waals surface area (Å²) in [6, 6.07) is 6.54. The summed E-state index contributed by atoms with van der Waals surface area (Å²) in [5.41, 5.74) is 2.13. The molecule has 0 saturated carbocycles. The van der Waals surface area contributed by atoms with Crippen molar-refractivity contribution >= 4 is 23.0 Å². The van der Waals surface area contributed by atoms with Gasteiger partial charge in [0.1, 0.15) is 0 Å². The number of anilines is 2. The van der Waals surface area contributed by atoms with E-state index in [0.29, 0.717) is 12.0 Å². The van der Waals surface area contributed by atoms with E-state index in [2.05, 4.69) is 32.2 Å². The molecule has 0 saturated heterocycles. The molecule has 2 nitrogen and oxygen atoms in total. The zero-order valence-electron chi connectivity index (χ0n) is 10.7. The first-order valence-corrected chi connectivity index (χ1v) is 6.03. The smallest absolute Gasteiger partial charge is 0.0659 e. The van der Waals surface area contributed by atoms with Gasteiger partial charge in [0.15, 0.2) is 0 Å². The topological polar surface area (TPSA) is 15.3 Å². The van der Waals surface area contributed by atoms with Crippen molar-refractivity contribution in [2.75, 3.05) is 24.3 Å². The maximum atomic E-state index is 6.21. The normalized spacial score (nSPS) is 12.7. The molecule has 90 valence electrons. The third kappa shape index (κ3) is 3.31. The van der Waals surface area contributed by atoms with Crippen molar-refractivity contribution in [2.45, 2.75) is 26.8 Å². The van der Waals surface area contributed by atoms with Crippen LogP contribution in [0.25, 0.3) is 0 Å². The molecule has 0 spiro atoms. The maximum Gasteiger partial charge on any atom is 0.0659 e. The van der Waals surface area contributed by atoms with Crippen LogP contribution in [0.1, 0.15) is 20.8 Å². The zero-order chi connectivity index (χ0) is 12.3. The molecule has 0 aliphatic carbocycles. The van der Waals surface area contributed by atoms with Crippen molar-refractivity contribution in [3.63, 3.8) is 0 Å². The Hall–Kier alpha value is -0.890. The molecule has 0 heterocycles. The van der Waals surface area contributed by atoms with Crippen LogP contribution >= 0.6 is 11.6 Å². The van der Waals surface area contributed by atoms with E-state index in [4.69, 9.17) is 11.6 Å². The second-order valence-electron chi connectivity index (χ2n) is 4.74. The predicted molar refractivity (Wildman–Crippen MR) is 73.7 cm³/mol. The molecule has 3 heteroatoms. The van der Waals surface area contributed by atoms with Crippen LogP contribution in [0.3, 0.4) is 0 Å². The molecule has 0 fully saturated rings. The molecule has 0 aliphatic rings. The molecule has 1 unspecified atom stereocenters. The van der Waals surface area contributed by atoms with Crippen molar-refractivity contribution in [1.29, 1.82) is 0 Å². The molecular formula is C13H21ClN2. The quantitative estimate of drug-likeness (QED) is 0.860. The Bertz CT molecular complexity index is 348. The number of nitrogens with zero attached hydrogens (tertiary/aromatic N) is 1. The minimum absolute atomic E-state index is 0.446. The van der Waals surface area contributed by atoms with E-state index in [1.165, 1.54) is 0 Å². The average molecular weight is 241 g/mol. The highest BCUT2D eigenvalue weighted by Gasteiger charge is 2.08. The lowest BCUT2D eigenvalue weighted by Gasteiger charge is -2.20. The molecule has 0 amide bonds. The van der Waals surface area contributed by atoms with Crippen LogP contribution in [0, 0.1) is 5.92 Å². The van der Waals surface area contributed by atoms with E-state index in [9.17, 15) is 0 Å². The van der Waals surface area contributed by atoms with Gasteiger partial charge < -0.3 is 10.2 Å². The number of halogens is 1. The molecular weight excluding hydrogens is 220 g/mol. The predicted octanol–water partition coefficient (Wildman–Crippen LogP) is 3.86. The van der Waals surface area contributed by atoms with Gasteiger partial charge in [-0.1, -0.05) is 25.4 Å². The third-order valence-electron chi connectivity index (χ3n) is 2.82. The number of rotatable bonds is 4. The van der Waals surface area contributed by atoms with Crippen LogP contribution in [-0.2, 0) is 0 Å². The first kappa shape index (κ1) is 13.2. The standard InChI is InChI=1S/C13H21ClN2/c1-9(2)10(3)15-11-6-7-13(16(4)5)12(14)8-11/h6-10,15H,1-5H3. The second-order valence-corrected chi connectivity index (χ2v) is 5.14. The highest BCUT2D eigenvalue weighted by Crippen LogP contribution is 2.28. The largest absolute Gasteiger partial charge is 0.382 e. The summed E-state index contributed by atoms with van der Waals surface area (Å²) in [5.74, 6) is 0.604. The van der Waals surface area contributed by atoms with E-state index in [0.717, 1.165) is 16.4 Å². The first-order valence-electron chi connectivity index (χ1n) is 5.65. The third-order valence-corrected chi connectivity index (χ3v) is 3.13. The molecule has 1 N–H and O–H groups in total. The molecule has 0 aromatic heterocycles. The van der Waals surface area contributed by atoms with Crippen LogP contribution in [0.5, 0.6) is 0 Å². The number of hydrogen-bond donors (Lipinski definition) is 1. The lowest BCUT2D eigenvalue weighted by atomic mass is 10.1. The van der Waals surface area contributed by atoms with Crippen molar-refractivity contribution in [2.24, 2.45) is 5.92 Å². The minimum Gasteiger partial charge on any atom is -0.382 e. The molecule has 0 radical (unpaired) electrons. The first-order chi connectivity index (χ1) is 7.41. The summed E-state index contributed by atoms with van der Waals surface area (Å²) < 4.78 is 0. The molecule has 1 atom stereocenters. The van der Waals surface area contributed by atoms with Crippen LogP contribution in [0.15, 0.2) is 18.2 Å². The summed E-state index contributed by atoms with van der Waals surface area (Å²) in [5, 5.41) is 4.23. The van der Waals surface area contributed by atoms with Gasteiger partial charge in [-0.2, -0.15) is 0 Å². The Morgan fingerprint density at radius 1 is 1.19 bits per heavy atom. The average Bonchev–Trinajstić information content (AvgIpc) is 2.16. The van der Waals surface area contributed by atoms with Crippen molar-refractivity contribution in [1.82, 2.24) is 0 Å². The Morgan fingerprint density at radius 2 is 1.81 bits per heavy atom. The maximum absolute atomic E-state index is 6.21. The van der Waals surface area contributed by atoms with Gasteiger partial charge in [-0.3, -0.25) is 0 Å². The highest BCUT2D eigenvalue weighted by atomic mass is 35.5. The van der Waals surface area contributed by atoms with Gasteiger partial charge in [-0.25, -0.2) is 0 Å². The summed E-state index contributed by atoms with van der Waals surface area (Å²) in [6.45, 7) is 6.58. The van der Waals surface area contributed by atoms with Gasteiger partial charge in [-0.05, 0) is 31.0 Å². The Morgan fingerprint density at radius 3 is 2.25 bits per heavy atom. The van der Waals surface area contributed by atoms with Crippen LogP contribution in [-0.4, -0.2) is 20.1 Å².